The minimum atomic E-state index is 0.550. The van der Waals surface area contributed by atoms with Crippen molar-refractivity contribution in [3.05, 3.63) is 35.9 Å². The molecule has 1 fully saturated rings. The first kappa shape index (κ1) is 13.0. The molecule has 0 aliphatic carbocycles. The van der Waals surface area contributed by atoms with Crippen molar-refractivity contribution in [3.63, 3.8) is 0 Å². The third-order valence-electron chi connectivity index (χ3n) is 3.44. The molecular weight excluding hydrogens is 226 g/mol. The molecule has 1 aromatic rings. The van der Waals surface area contributed by atoms with Crippen LogP contribution >= 0.6 is 11.8 Å². The van der Waals surface area contributed by atoms with Gasteiger partial charge in [-0.3, -0.25) is 0 Å². The Labute approximate surface area is 109 Å². The topological polar surface area (TPSA) is 12.0 Å². The molecule has 1 aliphatic heterocycles. The monoisotopic (exact) mass is 249 g/mol. The van der Waals surface area contributed by atoms with E-state index in [-0.39, 0.29) is 0 Å². The fourth-order valence-corrected chi connectivity index (χ4v) is 3.58. The lowest BCUT2D eigenvalue weighted by Gasteiger charge is -2.28. The molecule has 1 aromatic carbocycles. The molecule has 1 saturated heterocycles. The Bertz CT molecular complexity index is 306. The number of rotatable bonds is 5. The standard InChI is InChI=1S/C15H23NS/c1-2-6-15(13-7-4-3-5-8-13)16-14-9-11-17-12-10-14/h3-5,7-8,14-16H,2,6,9-12H2,1H3. The molecule has 17 heavy (non-hydrogen) atoms. The van der Waals surface area contributed by atoms with Crippen molar-refractivity contribution in [2.24, 2.45) is 0 Å². The van der Waals surface area contributed by atoms with Gasteiger partial charge in [-0.25, -0.2) is 0 Å². The summed E-state index contributed by atoms with van der Waals surface area (Å²) >= 11 is 2.09. The molecule has 0 bridgehead atoms. The first-order valence-corrected chi connectivity index (χ1v) is 7.94. The molecule has 2 rings (SSSR count). The second-order valence-corrected chi connectivity index (χ2v) is 6.03. The zero-order chi connectivity index (χ0) is 11.9. The minimum Gasteiger partial charge on any atom is -0.307 e. The van der Waals surface area contributed by atoms with E-state index in [9.17, 15) is 0 Å². The maximum absolute atomic E-state index is 3.86. The molecule has 1 atom stereocenters. The highest BCUT2D eigenvalue weighted by atomic mass is 32.2. The van der Waals surface area contributed by atoms with Crippen molar-refractivity contribution >= 4 is 11.8 Å². The molecule has 1 unspecified atom stereocenters. The van der Waals surface area contributed by atoms with Crippen molar-refractivity contribution in [2.45, 2.75) is 44.7 Å². The lowest BCUT2D eigenvalue weighted by atomic mass is 10.00. The summed E-state index contributed by atoms with van der Waals surface area (Å²) in [5.41, 5.74) is 1.45. The molecule has 0 saturated carbocycles. The van der Waals surface area contributed by atoms with Gasteiger partial charge in [0.1, 0.15) is 0 Å². The Morgan fingerprint density at radius 1 is 1.24 bits per heavy atom. The van der Waals surface area contributed by atoms with Crippen LogP contribution in [0.15, 0.2) is 30.3 Å². The Balaban J connectivity index is 1.96. The largest absolute Gasteiger partial charge is 0.307 e. The summed E-state index contributed by atoms with van der Waals surface area (Å²) in [4.78, 5) is 0. The van der Waals surface area contributed by atoms with Gasteiger partial charge in [0.15, 0.2) is 0 Å². The second-order valence-electron chi connectivity index (χ2n) is 4.81. The van der Waals surface area contributed by atoms with E-state index in [1.165, 1.54) is 42.8 Å². The third kappa shape index (κ3) is 4.04. The van der Waals surface area contributed by atoms with Gasteiger partial charge in [0.2, 0.25) is 0 Å². The summed E-state index contributed by atoms with van der Waals surface area (Å²) in [6, 6.07) is 12.2. The number of benzene rings is 1. The number of thioether (sulfide) groups is 1. The maximum atomic E-state index is 3.86. The second kappa shape index (κ2) is 7.07. The van der Waals surface area contributed by atoms with E-state index < -0.39 is 0 Å². The van der Waals surface area contributed by atoms with Crippen LogP contribution in [0.2, 0.25) is 0 Å². The molecule has 2 heteroatoms. The molecule has 94 valence electrons. The highest BCUT2D eigenvalue weighted by Crippen LogP contribution is 2.23. The summed E-state index contributed by atoms with van der Waals surface area (Å²) in [6.07, 6.45) is 5.15. The highest BCUT2D eigenvalue weighted by Gasteiger charge is 2.18. The van der Waals surface area contributed by atoms with Crippen molar-refractivity contribution in [3.8, 4) is 0 Å². The molecule has 1 aliphatic rings. The van der Waals surface area contributed by atoms with E-state index in [0.29, 0.717) is 6.04 Å². The normalized spacial score (nSPS) is 19.1. The number of hydrogen-bond donors (Lipinski definition) is 1. The lowest BCUT2D eigenvalue weighted by Crippen LogP contribution is -2.35. The average Bonchev–Trinajstić information content (AvgIpc) is 2.40. The summed E-state index contributed by atoms with van der Waals surface area (Å²) in [5, 5.41) is 3.86. The van der Waals surface area contributed by atoms with Gasteiger partial charge in [0.25, 0.3) is 0 Å². The van der Waals surface area contributed by atoms with Gasteiger partial charge >= 0.3 is 0 Å². The van der Waals surface area contributed by atoms with E-state index in [0.717, 1.165) is 6.04 Å². The first-order chi connectivity index (χ1) is 8.40. The SMILES string of the molecule is CCCC(NC1CCSCC1)c1ccccc1. The smallest absolute Gasteiger partial charge is 0.0322 e. The molecule has 0 aromatic heterocycles. The average molecular weight is 249 g/mol. The van der Waals surface area contributed by atoms with Crippen molar-refractivity contribution in [1.29, 1.82) is 0 Å². The van der Waals surface area contributed by atoms with E-state index >= 15 is 0 Å². The van der Waals surface area contributed by atoms with Crippen LogP contribution in [0.5, 0.6) is 0 Å². The van der Waals surface area contributed by atoms with Crippen LogP contribution in [0.1, 0.15) is 44.2 Å². The molecule has 1 N–H and O–H groups in total. The minimum absolute atomic E-state index is 0.550. The predicted molar refractivity (Wildman–Crippen MR) is 77.6 cm³/mol. The molecule has 0 amide bonds. The van der Waals surface area contributed by atoms with Crippen LogP contribution in [0.3, 0.4) is 0 Å². The zero-order valence-electron chi connectivity index (χ0n) is 10.7. The zero-order valence-corrected chi connectivity index (χ0v) is 11.5. The number of hydrogen-bond acceptors (Lipinski definition) is 2. The third-order valence-corrected chi connectivity index (χ3v) is 4.49. The van der Waals surface area contributed by atoms with Gasteiger partial charge < -0.3 is 5.32 Å². The van der Waals surface area contributed by atoms with E-state index in [2.05, 4.69) is 54.3 Å². The summed E-state index contributed by atoms with van der Waals surface area (Å²) in [6.45, 7) is 2.27. The van der Waals surface area contributed by atoms with E-state index in [1.54, 1.807) is 0 Å². The maximum Gasteiger partial charge on any atom is 0.0322 e. The van der Waals surface area contributed by atoms with Crippen LogP contribution in [-0.2, 0) is 0 Å². The van der Waals surface area contributed by atoms with Crippen LogP contribution in [-0.4, -0.2) is 17.5 Å². The summed E-state index contributed by atoms with van der Waals surface area (Å²) < 4.78 is 0. The molecular formula is C15H23NS. The Morgan fingerprint density at radius 2 is 1.94 bits per heavy atom. The summed E-state index contributed by atoms with van der Waals surface area (Å²) in [7, 11) is 0. The number of nitrogens with one attached hydrogen (secondary N) is 1. The van der Waals surface area contributed by atoms with E-state index in [1.807, 2.05) is 0 Å². The first-order valence-electron chi connectivity index (χ1n) is 6.79. The van der Waals surface area contributed by atoms with Gasteiger partial charge in [-0.1, -0.05) is 43.7 Å². The van der Waals surface area contributed by atoms with E-state index in [4.69, 9.17) is 0 Å². The molecule has 0 spiro atoms. The molecule has 0 radical (unpaired) electrons. The fraction of sp³-hybridized carbons (Fsp3) is 0.600. The Morgan fingerprint density at radius 3 is 2.59 bits per heavy atom. The van der Waals surface area contributed by atoms with Gasteiger partial charge in [-0.2, -0.15) is 11.8 Å². The van der Waals surface area contributed by atoms with Crippen molar-refractivity contribution in [1.82, 2.24) is 5.32 Å². The highest BCUT2D eigenvalue weighted by molar-refractivity contribution is 7.99. The van der Waals surface area contributed by atoms with Crippen LogP contribution in [0.4, 0.5) is 0 Å². The quantitative estimate of drug-likeness (QED) is 0.846. The van der Waals surface area contributed by atoms with Gasteiger partial charge in [-0.15, -0.1) is 0 Å². The lowest BCUT2D eigenvalue weighted by molar-refractivity contribution is 0.395. The van der Waals surface area contributed by atoms with Crippen LogP contribution in [0.25, 0.3) is 0 Å². The molecule has 1 heterocycles. The summed E-state index contributed by atoms with van der Waals surface area (Å²) in [5.74, 6) is 2.65. The Kier molecular flexibility index (Phi) is 5.40. The predicted octanol–water partition coefficient (Wildman–Crippen LogP) is 4.01. The van der Waals surface area contributed by atoms with Gasteiger partial charge in [0.05, 0.1) is 0 Å². The van der Waals surface area contributed by atoms with Crippen LogP contribution < -0.4 is 5.32 Å². The molecule has 1 nitrogen and oxygen atoms in total. The van der Waals surface area contributed by atoms with Crippen molar-refractivity contribution < 1.29 is 0 Å². The van der Waals surface area contributed by atoms with Crippen molar-refractivity contribution in [2.75, 3.05) is 11.5 Å². The fourth-order valence-electron chi connectivity index (χ4n) is 2.47. The van der Waals surface area contributed by atoms with Gasteiger partial charge in [0, 0.05) is 12.1 Å². The van der Waals surface area contributed by atoms with Crippen LogP contribution in [0, 0.1) is 0 Å². The van der Waals surface area contributed by atoms with Gasteiger partial charge in [-0.05, 0) is 36.3 Å². The Hall–Kier alpha value is -0.470.